The highest BCUT2D eigenvalue weighted by atomic mass is 79.9. The fraction of sp³-hybridized carbons (Fsp3) is 0.0667. The number of esters is 1. The zero-order valence-electron chi connectivity index (χ0n) is 11.3. The van der Waals surface area contributed by atoms with Crippen LogP contribution >= 0.6 is 27.3 Å². The van der Waals surface area contributed by atoms with Crippen LogP contribution in [0.3, 0.4) is 0 Å². The van der Waals surface area contributed by atoms with Crippen molar-refractivity contribution < 1.29 is 19.2 Å². The lowest BCUT2D eigenvalue weighted by Crippen LogP contribution is -2.20. The summed E-state index contributed by atoms with van der Waals surface area (Å²) < 4.78 is 5.97. The number of halogens is 1. The molecule has 0 spiro atoms. The number of carbonyl (C=O) groups is 2. The Morgan fingerprint density at radius 1 is 1.23 bits per heavy atom. The van der Waals surface area contributed by atoms with E-state index in [0.717, 1.165) is 10.0 Å². The van der Waals surface area contributed by atoms with Crippen LogP contribution in [0.15, 0.2) is 51.8 Å². The van der Waals surface area contributed by atoms with Gasteiger partial charge in [0.1, 0.15) is 12.2 Å². The molecule has 1 aromatic carbocycles. The van der Waals surface area contributed by atoms with Crippen LogP contribution in [0.2, 0.25) is 0 Å². The second kappa shape index (κ2) is 7.88. The van der Waals surface area contributed by atoms with E-state index >= 15 is 0 Å². The maximum atomic E-state index is 12.1. The number of carbonyl (C=O) groups excluding carboxylic acids is 2. The Kier molecular flexibility index (Phi) is 5.88. The first kappa shape index (κ1) is 16.4. The van der Waals surface area contributed by atoms with Crippen LogP contribution in [-0.2, 0) is 25.8 Å². The van der Waals surface area contributed by atoms with Crippen molar-refractivity contribution in [2.45, 2.75) is 6.61 Å². The Hall–Kier alpha value is -1.96. The molecule has 2 rings (SSSR count). The number of hydrogen-bond donors (Lipinski definition) is 1. The van der Waals surface area contributed by atoms with Gasteiger partial charge in [0.25, 0.3) is 0 Å². The molecule has 0 saturated carbocycles. The highest BCUT2D eigenvalue weighted by Gasteiger charge is 2.21. The maximum absolute atomic E-state index is 12.1. The summed E-state index contributed by atoms with van der Waals surface area (Å²) in [7, 11) is 0. The summed E-state index contributed by atoms with van der Waals surface area (Å²) >= 11 is 4.66. The molecule has 2 aromatic rings. The fourth-order valence-corrected chi connectivity index (χ4v) is 2.99. The van der Waals surface area contributed by atoms with E-state index in [1.54, 1.807) is 6.07 Å². The molecule has 0 amide bonds. The normalized spacial score (nSPS) is 11.1. The summed E-state index contributed by atoms with van der Waals surface area (Å²) in [6, 6.07) is 10.9. The van der Waals surface area contributed by atoms with Gasteiger partial charge >= 0.3 is 11.9 Å². The molecule has 0 aliphatic heterocycles. The van der Waals surface area contributed by atoms with Gasteiger partial charge < -0.3 is 9.57 Å². The highest BCUT2D eigenvalue weighted by Crippen LogP contribution is 2.22. The number of nitrogens with two attached hydrogens (primary N) is 1. The molecule has 7 heteroatoms. The van der Waals surface area contributed by atoms with Crippen LogP contribution in [0, 0.1) is 0 Å². The molecule has 2 N–H and O–H groups in total. The van der Waals surface area contributed by atoms with Gasteiger partial charge in [-0.25, -0.2) is 9.59 Å². The first-order valence-corrected chi connectivity index (χ1v) is 7.85. The lowest BCUT2D eigenvalue weighted by Gasteiger charge is -2.06. The summed E-state index contributed by atoms with van der Waals surface area (Å²) in [5.74, 6) is 3.14. The smallest absolute Gasteiger partial charge is 0.364 e. The van der Waals surface area contributed by atoms with Gasteiger partial charge in [-0.1, -0.05) is 30.3 Å². The minimum Gasteiger partial charge on any atom is -0.457 e. The van der Waals surface area contributed by atoms with E-state index in [4.69, 9.17) is 10.6 Å². The predicted octanol–water partition coefficient (Wildman–Crippen LogP) is 3.05. The van der Waals surface area contributed by atoms with E-state index in [1.165, 1.54) is 17.4 Å². The van der Waals surface area contributed by atoms with Crippen LogP contribution in [0.25, 0.3) is 6.08 Å². The van der Waals surface area contributed by atoms with E-state index in [-0.39, 0.29) is 12.2 Å². The molecule has 0 atom stereocenters. The van der Waals surface area contributed by atoms with Gasteiger partial charge in [-0.05, 0) is 33.6 Å². The molecule has 5 nitrogen and oxygen atoms in total. The molecule has 0 saturated heterocycles. The van der Waals surface area contributed by atoms with Gasteiger partial charge in [0, 0.05) is 14.7 Å². The third-order valence-corrected chi connectivity index (χ3v) is 4.27. The minimum absolute atomic E-state index is 0.0585. The predicted molar refractivity (Wildman–Crippen MR) is 86.5 cm³/mol. The van der Waals surface area contributed by atoms with E-state index in [2.05, 4.69) is 20.8 Å². The second-order valence-corrected chi connectivity index (χ2v) is 6.05. The number of thiophene rings is 1. The van der Waals surface area contributed by atoms with Crippen LogP contribution in [0.4, 0.5) is 0 Å². The van der Waals surface area contributed by atoms with E-state index in [1.807, 2.05) is 35.7 Å². The van der Waals surface area contributed by atoms with Gasteiger partial charge in [0.2, 0.25) is 0 Å². The third kappa shape index (κ3) is 4.52. The van der Waals surface area contributed by atoms with Crippen molar-refractivity contribution in [3.05, 3.63) is 62.3 Å². The molecule has 0 aliphatic rings. The van der Waals surface area contributed by atoms with Crippen LogP contribution in [0.1, 0.15) is 10.4 Å². The molecule has 0 fully saturated rings. The van der Waals surface area contributed by atoms with Crippen molar-refractivity contribution in [3.8, 4) is 0 Å². The zero-order chi connectivity index (χ0) is 15.9. The first-order chi connectivity index (χ1) is 10.6. The lowest BCUT2D eigenvalue weighted by molar-refractivity contribution is -0.148. The maximum Gasteiger partial charge on any atom is 0.364 e. The quantitative estimate of drug-likeness (QED) is 0.283. The molecule has 0 unspecified atom stereocenters. The van der Waals surface area contributed by atoms with Gasteiger partial charge in [-0.2, -0.15) is 5.90 Å². The van der Waals surface area contributed by atoms with Crippen LogP contribution in [0.5, 0.6) is 0 Å². The summed E-state index contributed by atoms with van der Waals surface area (Å²) in [5, 5.41) is 1.83. The molecule has 0 aliphatic carbocycles. The largest absolute Gasteiger partial charge is 0.457 e. The van der Waals surface area contributed by atoms with E-state index < -0.39 is 11.9 Å². The molecule has 0 bridgehead atoms. The summed E-state index contributed by atoms with van der Waals surface area (Å²) in [6.07, 6.45) is 1.39. The van der Waals surface area contributed by atoms with Gasteiger partial charge in [0.05, 0.1) is 0 Å². The number of rotatable bonds is 5. The Balaban J connectivity index is 2.13. The highest BCUT2D eigenvalue weighted by molar-refractivity contribution is 9.10. The molecule has 1 aromatic heterocycles. The van der Waals surface area contributed by atoms with Gasteiger partial charge in [0.15, 0.2) is 0 Å². The Morgan fingerprint density at radius 2 is 1.95 bits per heavy atom. The second-order valence-electron chi connectivity index (χ2n) is 4.19. The average Bonchev–Trinajstić information content (AvgIpc) is 2.96. The minimum atomic E-state index is -0.942. The Bertz CT molecular complexity index is 697. The number of hydrogen-bond acceptors (Lipinski definition) is 6. The Morgan fingerprint density at radius 3 is 2.55 bits per heavy atom. The first-order valence-electron chi connectivity index (χ1n) is 6.18. The molecule has 114 valence electrons. The van der Waals surface area contributed by atoms with Crippen molar-refractivity contribution in [2.75, 3.05) is 0 Å². The molecule has 22 heavy (non-hydrogen) atoms. The van der Waals surface area contributed by atoms with Crippen molar-refractivity contribution >= 4 is 45.3 Å². The number of ether oxygens (including phenoxy) is 1. The van der Waals surface area contributed by atoms with E-state index in [9.17, 15) is 9.59 Å². The van der Waals surface area contributed by atoms with Crippen LogP contribution < -0.4 is 5.90 Å². The van der Waals surface area contributed by atoms with Gasteiger partial charge in [-0.3, -0.25) is 0 Å². The van der Waals surface area contributed by atoms with Crippen molar-refractivity contribution in [1.29, 1.82) is 0 Å². The van der Waals surface area contributed by atoms with Crippen molar-refractivity contribution in [1.82, 2.24) is 0 Å². The monoisotopic (exact) mass is 381 g/mol. The molecular weight excluding hydrogens is 370 g/mol. The molecule has 0 radical (unpaired) electrons. The summed E-state index contributed by atoms with van der Waals surface area (Å²) in [6.45, 7) is 0.0585. The average molecular weight is 382 g/mol. The SMILES string of the molecule is NOC(=O)/C(=C\c1cc(Br)cs1)C(=O)OCc1ccccc1. The third-order valence-electron chi connectivity index (χ3n) is 2.63. The standard InChI is InChI=1S/C15H12BrNO4S/c16-11-6-12(22-9-11)7-13(15(19)21-17)14(18)20-8-10-4-2-1-3-5-10/h1-7,9H,8,17H2/b13-7-. The topological polar surface area (TPSA) is 78.6 Å². The fourth-order valence-electron chi connectivity index (χ4n) is 1.61. The molecular formula is C15H12BrNO4S. The Labute approximate surface area is 139 Å². The van der Waals surface area contributed by atoms with Crippen LogP contribution in [-0.4, -0.2) is 11.9 Å². The summed E-state index contributed by atoms with van der Waals surface area (Å²) in [4.78, 5) is 28.6. The molecule has 1 heterocycles. The lowest BCUT2D eigenvalue weighted by atomic mass is 10.2. The van der Waals surface area contributed by atoms with Crippen molar-refractivity contribution in [3.63, 3.8) is 0 Å². The summed E-state index contributed by atoms with van der Waals surface area (Å²) in [5.41, 5.74) is 0.558. The van der Waals surface area contributed by atoms with Crippen molar-refractivity contribution in [2.24, 2.45) is 5.90 Å². The number of benzene rings is 1. The zero-order valence-corrected chi connectivity index (χ0v) is 13.7. The van der Waals surface area contributed by atoms with Gasteiger partial charge in [-0.15, -0.1) is 11.3 Å². The van der Waals surface area contributed by atoms with E-state index in [0.29, 0.717) is 4.88 Å².